The quantitative estimate of drug-likeness (QED) is 0.0409. The van der Waals surface area contributed by atoms with Gasteiger partial charge in [-0.05, 0) is 12.8 Å². The number of esters is 1. The Morgan fingerprint density at radius 1 is 0.579 bits per heavy atom. The van der Waals surface area contributed by atoms with Crippen molar-refractivity contribution in [3.8, 4) is 0 Å². The van der Waals surface area contributed by atoms with Crippen molar-refractivity contribution in [3.63, 3.8) is 0 Å². The molecule has 7 heteroatoms. The zero-order valence-corrected chi connectivity index (χ0v) is 25.5. The minimum absolute atomic E-state index is 0. The van der Waals surface area contributed by atoms with Gasteiger partial charge in [-0.2, -0.15) is 8.42 Å². The first kappa shape index (κ1) is 41.2. The fourth-order valence-electron chi connectivity index (χ4n) is 5.16. The van der Waals surface area contributed by atoms with Crippen LogP contribution in [0, 0.1) is 0 Å². The fourth-order valence-corrected chi connectivity index (χ4v) is 5.86. The van der Waals surface area contributed by atoms with E-state index < -0.39 is 27.9 Å². The second-order valence-corrected chi connectivity index (χ2v) is 12.8. The van der Waals surface area contributed by atoms with Crippen LogP contribution >= 0.6 is 0 Å². The van der Waals surface area contributed by atoms with Crippen LogP contribution in [0.25, 0.3) is 0 Å². The summed E-state index contributed by atoms with van der Waals surface area (Å²) in [7, 11) is -4.13. The van der Waals surface area contributed by atoms with Crippen LogP contribution < -0.4 is 0 Å². The Bertz CT molecular complexity index is 597. The van der Waals surface area contributed by atoms with Crippen LogP contribution in [0.5, 0.6) is 0 Å². The molecule has 1 atom stereocenters. The van der Waals surface area contributed by atoms with Gasteiger partial charge in [0.05, 0.1) is 0 Å². The molecular weight excluding hydrogens is 524 g/mol. The van der Waals surface area contributed by atoms with E-state index in [4.69, 9.17) is 9.29 Å². The Labute approximate surface area is 280 Å². The van der Waals surface area contributed by atoms with Crippen molar-refractivity contribution < 1.29 is 22.5 Å². The molecular formula is C31H63KO5S. The molecule has 0 aromatic rings. The Hall–Kier alpha value is 1.02. The summed E-state index contributed by atoms with van der Waals surface area (Å²) in [5, 5.41) is 0. The monoisotopic (exact) mass is 586 g/mol. The summed E-state index contributed by atoms with van der Waals surface area (Å²) in [6, 6.07) is 0. The van der Waals surface area contributed by atoms with Gasteiger partial charge in [-0.15, -0.1) is 0 Å². The summed E-state index contributed by atoms with van der Waals surface area (Å²) in [6.45, 7) is 3.55. The number of hydrogen-bond donors (Lipinski definition) is 1. The van der Waals surface area contributed by atoms with Crippen molar-refractivity contribution in [1.29, 1.82) is 0 Å². The van der Waals surface area contributed by atoms with Gasteiger partial charge >= 0.3 is 57.4 Å². The molecule has 0 aliphatic rings. The molecule has 5 nitrogen and oxygen atoms in total. The second kappa shape index (κ2) is 31.0. The predicted molar refractivity (Wildman–Crippen MR) is 165 cm³/mol. The molecule has 0 aromatic heterocycles. The van der Waals surface area contributed by atoms with Gasteiger partial charge in [-0.1, -0.05) is 161 Å². The van der Waals surface area contributed by atoms with E-state index >= 15 is 0 Å². The normalized spacial score (nSPS) is 12.3. The SMILES string of the molecule is CCCCCCCCCCCCCCCCCCCCCCCCCCCC(CS(=O)(=O)O)OC(C)=O.[KH]. The van der Waals surface area contributed by atoms with Gasteiger partial charge in [0.2, 0.25) is 0 Å². The van der Waals surface area contributed by atoms with Crippen LogP contribution in [-0.4, -0.2) is 82.2 Å². The van der Waals surface area contributed by atoms with E-state index in [0.717, 1.165) is 19.3 Å². The zero-order valence-electron chi connectivity index (χ0n) is 24.7. The summed E-state index contributed by atoms with van der Waals surface area (Å²) in [5.74, 6) is -1.01. The summed E-state index contributed by atoms with van der Waals surface area (Å²) in [6.07, 6.45) is 33.4. The molecule has 0 spiro atoms. The molecule has 224 valence electrons. The number of rotatable bonds is 29. The number of hydrogen-bond acceptors (Lipinski definition) is 4. The molecule has 1 unspecified atom stereocenters. The Balaban J connectivity index is 0. The maximum absolute atomic E-state index is 11.1. The van der Waals surface area contributed by atoms with Gasteiger partial charge in [0, 0.05) is 6.92 Å². The number of unbranched alkanes of at least 4 members (excludes halogenated alkanes) is 24. The molecule has 0 aliphatic heterocycles. The van der Waals surface area contributed by atoms with Crippen LogP contribution in [0.1, 0.15) is 181 Å². The van der Waals surface area contributed by atoms with Crippen LogP contribution in [0.4, 0.5) is 0 Å². The fraction of sp³-hybridized carbons (Fsp3) is 0.968. The van der Waals surface area contributed by atoms with Crippen molar-refractivity contribution >= 4 is 67.5 Å². The van der Waals surface area contributed by atoms with Gasteiger partial charge < -0.3 is 4.74 Å². The Morgan fingerprint density at radius 3 is 1.08 bits per heavy atom. The van der Waals surface area contributed by atoms with E-state index in [-0.39, 0.29) is 51.4 Å². The van der Waals surface area contributed by atoms with E-state index in [1.165, 1.54) is 148 Å². The van der Waals surface area contributed by atoms with E-state index in [9.17, 15) is 13.2 Å². The molecule has 0 saturated carbocycles. The number of carbonyl (C=O) groups is 1. The second-order valence-electron chi connectivity index (χ2n) is 11.3. The summed E-state index contributed by atoms with van der Waals surface area (Å²) in [5.41, 5.74) is 0. The number of carbonyl (C=O) groups excluding carboxylic acids is 1. The van der Waals surface area contributed by atoms with Gasteiger partial charge in [0.25, 0.3) is 10.1 Å². The average Bonchev–Trinajstić information content (AvgIpc) is 2.82. The third-order valence-corrected chi connectivity index (χ3v) is 8.15. The zero-order chi connectivity index (χ0) is 27.5. The molecule has 0 saturated heterocycles. The van der Waals surface area contributed by atoms with Gasteiger partial charge in [0.1, 0.15) is 11.9 Å². The first-order valence-electron chi connectivity index (χ1n) is 16.0. The first-order chi connectivity index (χ1) is 17.8. The summed E-state index contributed by atoms with van der Waals surface area (Å²) in [4.78, 5) is 11.1. The molecule has 0 bridgehead atoms. The topological polar surface area (TPSA) is 80.7 Å². The molecule has 1 N–H and O–H groups in total. The predicted octanol–water partition coefficient (Wildman–Crippen LogP) is 9.32. The standard InChI is InChI=1S/C31H62O5S.K.H/c1-3-4-5-6-7-8-9-10-11-12-13-14-15-16-17-18-19-20-21-22-23-24-25-26-27-28-31(36-30(2)32)29-37(33,34)35;;/h31H,3-29H2,1-2H3,(H,33,34,35);;. The van der Waals surface area contributed by atoms with Crippen LogP contribution in [0.15, 0.2) is 0 Å². The van der Waals surface area contributed by atoms with Crippen LogP contribution in [-0.2, 0) is 19.6 Å². The van der Waals surface area contributed by atoms with Crippen LogP contribution in [0.3, 0.4) is 0 Å². The van der Waals surface area contributed by atoms with Crippen molar-refractivity contribution in [2.24, 2.45) is 0 Å². The van der Waals surface area contributed by atoms with Crippen molar-refractivity contribution in [3.05, 3.63) is 0 Å². The van der Waals surface area contributed by atoms with Gasteiger partial charge in [-0.25, -0.2) is 0 Å². The Kier molecular flexibility index (Phi) is 33.5. The van der Waals surface area contributed by atoms with E-state index in [1.807, 2.05) is 0 Å². The molecule has 0 aliphatic carbocycles. The molecule has 0 fully saturated rings. The minimum atomic E-state index is -4.13. The summed E-state index contributed by atoms with van der Waals surface area (Å²) >= 11 is 0. The van der Waals surface area contributed by atoms with E-state index in [1.54, 1.807) is 0 Å². The van der Waals surface area contributed by atoms with E-state index in [0.29, 0.717) is 6.42 Å². The van der Waals surface area contributed by atoms with Gasteiger partial charge in [-0.3, -0.25) is 9.35 Å². The number of ether oxygens (including phenoxy) is 1. The molecule has 0 heterocycles. The Morgan fingerprint density at radius 2 is 0.842 bits per heavy atom. The van der Waals surface area contributed by atoms with Crippen molar-refractivity contribution in [2.75, 3.05) is 5.75 Å². The van der Waals surface area contributed by atoms with Crippen molar-refractivity contribution in [2.45, 2.75) is 187 Å². The maximum atomic E-state index is 11.1. The average molecular weight is 587 g/mol. The van der Waals surface area contributed by atoms with Crippen LogP contribution in [0.2, 0.25) is 0 Å². The molecule has 0 rings (SSSR count). The van der Waals surface area contributed by atoms with Crippen molar-refractivity contribution in [1.82, 2.24) is 0 Å². The molecule has 38 heavy (non-hydrogen) atoms. The first-order valence-corrected chi connectivity index (χ1v) is 17.6. The van der Waals surface area contributed by atoms with Gasteiger partial charge in [0.15, 0.2) is 0 Å². The molecule has 0 amide bonds. The third kappa shape index (κ3) is 35.0. The summed E-state index contributed by atoms with van der Waals surface area (Å²) < 4.78 is 36.0. The molecule has 0 radical (unpaired) electrons. The molecule has 0 aromatic carbocycles. The third-order valence-electron chi connectivity index (χ3n) is 7.36. The van der Waals surface area contributed by atoms with E-state index in [2.05, 4.69) is 6.92 Å².